The Morgan fingerprint density at radius 2 is 1.70 bits per heavy atom. The number of hydrogen-bond acceptors (Lipinski definition) is 5. The van der Waals surface area contributed by atoms with Gasteiger partial charge in [0.2, 0.25) is 15.9 Å². The smallest absolute Gasteiger partial charge is 0.248 e. The van der Waals surface area contributed by atoms with Gasteiger partial charge in [-0.3, -0.25) is 9.10 Å². The number of carbonyl (C=O) groups excluding carboxylic acids is 1. The van der Waals surface area contributed by atoms with Crippen molar-refractivity contribution in [1.82, 2.24) is 0 Å². The molecule has 146 valence electrons. The highest BCUT2D eigenvalue weighted by Gasteiger charge is 2.31. The van der Waals surface area contributed by atoms with Gasteiger partial charge < -0.3 is 14.8 Å². The molecular weight excluding hydrogens is 368 g/mol. The highest BCUT2D eigenvalue weighted by molar-refractivity contribution is 7.92. The molecule has 1 N–H and O–H groups in total. The Morgan fingerprint density at radius 1 is 1.07 bits per heavy atom. The normalized spacial score (nSPS) is 12.1. The van der Waals surface area contributed by atoms with Crippen LogP contribution in [0.25, 0.3) is 0 Å². The van der Waals surface area contributed by atoms with E-state index in [9.17, 15) is 13.2 Å². The lowest BCUT2D eigenvalue weighted by Gasteiger charge is -2.30. The van der Waals surface area contributed by atoms with Crippen LogP contribution in [-0.4, -0.2) is 40.8 Å². The first-order valence-corrected chi connectivity index (χ1v) is 10.2. The van der Waals surface area contributed by atoms with Gasteiger partial charge in [0.05, 0.1) is 26.2 Å². The van der Waals surface area contributed by atoms with Gasteiger partial charge in [-0.1, -0.05) is 13.0 Å². The second-order valence-electron chi connectivity index (χ2n) is 5.90. The third-order valence-corrected chi connectivity index (χ3v) is 5.17. The van der Waals surface area contributed by atoms with E-state index in [0.29, 0.717) is 29.3 Å². The maximum absolute atomic E-state index is 12.8. The SMILES string of the molecule is CCC(C(=O)Nc1ccc(OC)cc1)N(c1cccc(OC)c1)S(C)(=O)=O. The maximum Gasteiger partial charge on any atom is 0.248 e. The van der Waals surface area contributed by atoms with Crippen LogP contribution in [0.15, 0.2) is 48.5 Å². The molecule has 1 atom stereocenters. The molecule has 0 saturated carbocycles. The first-order valence-electron chi connectivity index (χ1n) is 8.38. The van der Waals surface area contributed by atoms with Crippen LogP contribution in [0.2, 0.25) is 0 Å². The van der Waals surface area contributed by atoms with Crippen LogP contribution < -0.4 is 19.1 Å². The Hall–Kier alpha value is -2.74. The largest absolute Gasteiger partial charge is 0.497 e. The third kappa shape index (κ3) is 5.13. The highest BCUT2D eigenvalue weighted by atomic mass is 32.2. The molecule has 0 heterocycles. The summed E-state index contributed by atoms with van der Waals surface area (Å²) in [6.07, 6.45) is 1.38. The Kier molecular flexibility index (Phi) is 6.68. The van der Waals surface area contributed by atoms with E-state index in [-0.39, 0.29) is 0 Å². The monoisotopic (exact) mass is 392 g/mol. The molecule has 0 bridgehead atoms. The zero-order valence-corrected chi connectivity index (χ0v) is 16.6. The first kappa shape index (κ1) is 20.6. The number of rotatable bonds is 8. The van der Waals surface area contributed by atoms with Crippen molar-refractivity contribution in [3.8, 4) is 11.5 Å². The van der Waals surface area contributed by atoms with E-state index < -0.39 is 22.0 Å². The van der Waals surface area contributed by atoms with Crippen molar-refractivity contribution in [2.24, 2.45) is 0 Å². The fourth-order valence-corrected chi connectivity index (χ4v) is 3.91. The van der Waals surface area contributed by atoms with E-state index in [4.69, 9.17) is 9.47 Å². The second-order valence-corrected chi connectivity index (χ2v) is 7.76. The zero-order chi connectivity index (χ0) is 20.0. The standard InChI is InChI=1S/C19H24N2O5S/c1-5-18(19(22)20-14-9-11-16(25-2)12-10-14)21(27(4,23)24)15-7-6-8-17(13-15)26-3/h6-13,18H,5H2,1-4H3,(H,20,22). The van der Waals surface area contributed by atoms with Crippen molar-refractivity contribution >= 4 is 27.3 Å². The van der Waals surface area contributed by atoms with E-state index in [1.165, 1.54) is 7.11 Å². The van der Waals surface area contributed by atoms with Gasteiger partial charge in [-0.15, -0.1) is 0 Å². The number of methoxy groups -OCH3 is 2. The molecular formula is C19H24N2O5S. The van der Waals surface area contributed by atoms with Crippen LogP contribution in [0, 0.1) is 0 Å². The Balaban J connectivity index is 2.34. The number of hydrogen-bond donors (Lipinski definition) is 1. The van der Waals surface area contributed by atoms with Crippen molar-refractivity contribution in [2.45, 2.75) is 19.4 Å². The predicted octanol–water partition coefficient (Wildman–Crippen LogP) is 2.89. The number of nitrogens with zero attached hydrogens (tertiary/aromatic N) is 1. The molecule has 0 saturated heterocycles. The van der Waals surface area contributed by atoms with E-state index in [1.54, 1.807) is 62.6 Å². The molecule has 0 aromatic heterocycles. The fourth-order valence-electron chi connectivity index (χ4n) is 2.71. The molecule has 2 rings (SSSR count). The van der Waals surface area contributed by atoms with Gasteiger partial charge >= 0.3 is 0 Å². The molecule has 0 spiro atoms. The molecule has 0 fully saturated rings. The number of amides is 1. The molecule has 1 amide bonds. The molecule has 2 aromatic rings. The minimum atomic E-state index is -3.71. The molecule has 0 aliphatic carbocycles. The van der Waals surface area contributed by atoms with Crippen molar-refractivity contribution in [3.63, 3.8) is 0 Å². The Labute approximate surface area is 160 Å². The summed E-state index contributed by atoms with van der Waals surface area (Å²) in [5, 5.41) is 2.76. The topological polar surface area (TPSA) is 84.9 Å². The summed E-state index contributed by atoms with van der Waals surface area (Å²) >= 11 is 0. The summed E-state index contributed by atoms with van der Waals surface area (Å²) in [5.41, 5.74) is 0.923. The molecule has 2 aromatic carbocycles. The fraction of sp³-hybridized carbons (Fsp3) is 0.316. The molecule has 0 aliphatic rings. The van der Waals surface area contributed by atoms with E-state index in [0.717, 1.165) is 10.6 Å². The zero-order valence-electron chi connectivity index (χ0n) is 15.8. The summed E-state index contributed by atoms with van der Waals surface area (Å²) < 4.78 is 36.3. The van der Waals surface area contributed by atoms with Crippen molar-refractivity contribution in [3.05, 3.63) is 48.5 Å². The average Bonchev–Trinajstić information content (AvgIpc) is 2.65. The van der Waals surface area contributed by atoms with Crippen LogP contribution in [0.5, 0.6) is 11.5 Å². The molecule has 8 heteroatoms. The number of carbonyl (C=O) groups is 1. The lowest BCUT2D eigenvalue weighted by molar-refractivity contribution is -0.117. The number of anilines is 2. The predicted molar refractivity (Wildman–Crippen MR) is 106 cm³/mol. The molecule has 27 heavy (non-hydrogen) atoms. The summed E-state index contributed by atoms with van der Waals surface area (Å²) in [6, 6.07) is 12.5. The van der Waals surface area contributed by atoms with E-state index in [1.807, 2.05) is 0 Å². The van der Waals surface area contributed by atoms with Gasteiger partial charge in [0.25, 0.3) is 0 Å². The number of benzene rings is 2. The highest BCUT2D eigenvalue weighted by Crippen LogP contribution is 2.27. The number of nitrogens with one attached hydrogen (secondary N) is 1. The number of sulfonamides is 1. The van der Waals surface area contributed by atoms with Crippen LogP contribution in [-0.2, 0) is 14.8 Å². The number of ether oxygens (including phenoxy) is 2. The van der Waals surface area contributed by atoms with Crippen molar-refractivity contribution < 1.29 is 22.7 Å². The van der Waals surface area contributed by atoms with Gasteiger partial charge in [-0.05, 0) is 42.8 Å². The van der Waals surface area contributed by atoms with Gasteiger partial charge in [-0.2, -0.15) is 0 Å². The lowest BCUT2D eigenvalue weighted by Crippen LogP contribution is -2.47. The summed E-state index contributed by atoms with van der Waals surface area (Å²) in [7, 11) is -0.653. The van der Waals surface area contributed by atoms with Crippen molar-refractivity contribution in [1.29, 1.82) is 0 Å². The van der Waals surface area contributed by atoms with E-state index in [2.05, 4.69) is 5.32 Å². The second kappa shape index (κ2) is 8.77. The maximum atomic E-state index is 12.8. The van der Waals surface area contributed by atoms with Gasteiger partial charge in [0.15, 0.2) is 0 Å². The Bertz CT molecular complexity index is 881. The van der Waals surface area contributed by atoms with Crippen LogP contribution in [0.3, 0.4) is 0 Å². The van der Waals surface area contributed by atoms with Crippen LogP contribution in [0.4, 0.5) is 11.4 Å². The quantitative estimate of drug-likeness (QED) is 0.747. The van der Waals surface area contributed by atoms with Crippen LogP contribution >= 0.6 is 0 Å². The van der Waals surface area contributed by atoms with Gasteiger partial charge in [0, 0.05) is 11.8 Å². The average molecular weight is 392 g/mol. The van der Waals surface area contributed by atoms with Crippen LogP contribution in [0.1, 0.15) is 13.3 Å². The Morgan fingerprint density at radius 3 is 2.22 bits per heavy atom. The summed E-state index contributed by atoms with van der Waals surface area (Å²) in [5.74, 6) is 0.747. The summed E-state index contributed by atoms with van der Waals surface area (Å²) in [6.45, 7) is 1.76. The van der Waals surface area contributed by atoms with Gasteiger partial charge in [0.1, 0.15) is 17.5 Å². The lowest BCUT2D eigenvalue weighted by atomic mass is 10.1. The minimum Gasteiger partial charge on any atom is -0.497 e. The molecule has 0 aliphatic heterocycles. The van der Waals surface area contributed by atoms with Crippen molar-refractivity contribution in [2.75, 3.05) is 30.1 Å². The minimum absolute atomic E-state index is 0.298. The molecule has 0 radical (unpaired) electrons. The molecule has 1 unspecified atom stereocenters. The molecule has 7 nitrogen and oxygen atoms in total. The van der Waals surface area contributed by atoms with E-state index >= 15 is 0 Å². The summed E-state index contributed by atoms with van der Waals surface area (Å²) in [4.78, 5) is 12.8. The van der Waals surface area contributed by atoms with Gasteiger partial charge in [-0.25, -0.2) is 8.42 Å². The first-order chi connectivity index (χ1) is 12.8. The third-order valence-electron chi connectivity index (χ3n) is 4.00.